The minimum absolute atomic E-state index is 0.110. The van der Waals surface area contributed by atoms with Crippen LogP contribution in [0.5, 0.6) is 0 Å². The van der Waals surface area contributed by atoms with Crippen LogP contribution in [-0.2, 0) is 20.8 Å². The van der Waals surface area contributed by atoms with E-state index in [1.165, 1.54) is 6.07 Å². The molecule has 1 aromatic carbocycles. The van der Waals surface area contributed by atoms with Crippen LogP contribution >= 0.6 is 0 Å². The van der Waals surface area contributed by atoms with Crippen LogP contribution in [0.25, 0.3) is 0 Å². The van der Waals surface area contributed by atoms with Gasteiger partial charge in [-0.25, -0.2) is 0 Å². The molecule has 0 aliphatic rings. The second kappa shape index (κ2) is 11.2. The molecule has 1 rings (SSSR count). The predicted molar refractivity (Wildman–Crippen MR) is 78.3 cm³/mol. The number of nitro benzene ring substituents is 1. The topological polar surface area (TPSA) is 82.9 Å². The van der Waals surface area contributed by atoms with Crippen LogP contribution in [0.4, 0.5) is 5.69 Å². The highest BCUT2D eigenvalue weighted by molar-refractivity contribution is 5.34. The van der Waals surface area contributed by atoms with E-state index in [0.717, 1.165) is 5.56 Å². The normalized spacial score (nSPS) is 10.7. The number of ether oxygens (including phenoxy) is 3. The first kappa shape index (κ1) is 17.5. The van der Waals surface area contributed by atoms with Crippen molar-refractivity contribution in [1.82, 2.24) is 5.32 Å². The van der Waals surface area contributed by atoms with Gasteiger partial charge in [-0.3, -0.25) is 10.1 Å². The molecular weight excluding hydrogens is 276 g/mol. The molecule has 0 saturated carbocycles. The summed E-state index contributed by atoms with van der Waals surface area (Å²) in [6, 6.07) is 6.58. The maximum absolute atomic E-state index is 10.6. The van der Waals surface area contributed by atoms with Gasteiger partial charge in [-0.2, -0.15) is 0 Å². The third-order valence-electron chi connectivity index (χ3n) is 2.68. The largest absolute Gasteiger partial charge is 0.382 e. The maximum atomic E-state index is 10.6. The lowest BCUT2D eigenvalue weighted by atomic mass is 10.2. The Balaban J connectivity index is 2.01. The quantitative estimate of drug-likeness (QED) is 0.356. The molecular formula is C14H22N2O5. The summed E-state index contributed by atoms with van der Waals surface area (Å²) in [5, 5.41) is 13.8. The molecule has 0 unspecified atom stereocenters. The van der Waals surface area contributed by atoms with Gasteiger partial charge in [-0.15, -0.1) is 0 Å². The summed E-state index contributed by atoms with van der Waals surface area (Å²) in [5.41, 5.74) is 0.992. The van der Waals surface area contributed by atoms with Gasteiger partial charge in [0.05, 0.1) is 38.0 Å². The summed E-state index contributed by atoms with van der Waals surface area (Å²) in [4.78, 5) is 10.2. The molecule has 0 amide bonds. The predicted octanol–water partition coefficient (Wildman–Crippen LogP) is 1.36. The second-order valence-corrected chi connectivity index (χ2v) is 4.32. The second-order valence-electron chi connectivity index (χ2n) is 4.32. The molecule has 21 heavy (non-hydrogen) atoms. The van der Waals surface area contributed by atoms with Crippen molar-refractivity contribution in [2.75, 3.05) is 46.7 Å². The molecule has 0 heterocycles. The molecule has 0 spiro atoms. The first-order valence-electron chi connectivity index (χ1n) is 6.82. The summed E-state index contributed by atoms with van der Waals surface area (Å²) < 4.78 is 15.5. The summed E-state index contributed by atoms with van der Waals surface area (Å²) in [7, 11) is 1.63. The standard InChI is InChI=1S/C14H22N2O5/c1-19-7-8-21-10-9-20-6-5-15-12-13-3-2-4-14(11-13)16(17)18/h2-4,11,15H,5-10,12H2,1H3. The van der Waals surface area contributed by atoms with E-state index in [4.69, 9.17) is 14.2 Å². The fourth-order valence-corrected chi connectivity index (χ4v) is 1.62. The molecule has 0 radical (unpaired) electrons. The average molecular weight is 298 g/mol. The van der Waals surface area contributed by atoms with E-state index in [9.17, 15) is 10.1 Å². The van der Waals surface area contributed by atoms with Gasteiger partial charge in [0.1, 0.15) is 0 Å². The lowest BCUT2D eigenvalue weighted by Crippen LogP contribution is -2.20. The Hall–Kier alpha value is -1.54. The fourth-order valence-electron chi connectivity index (χ4n) is 1.62. The Bertz CT molecular complexity index is 414. The molecule has 0 aliphatic carbocycles. The lowest BCUT2D eigenvalue weighted by molar-refractivity contribution is -0.384. The van der Waals surface area contributed by atoms with E-state index in [1.54, 1.807) is 19.2 Å². The molecule has 7 nitrogen and oxygen atoms in total. The number of non-ortho nitro benzene ring substituents is 1. The van der Waals surface area contributed by atoms with Crippen LogP contribution in [0.3, 0.4) is 0 Å². The number of rotatable bonds is 12. The van der Waals surface area contributed by atoms with Crippen LogP contribution < -0.4 is 5.32 Å². The lowest BCUT2D eigenvalue weighted by Gasteiger charge is -2.07. The first-order valence-corrected chi connectivity index (χ1v) is 6.82. The Morgan fingerprint density at radius 2 is 1.86 bits per heavy atom. The molecule has 0 aromatic heterocycles. The minimum atomic E-state index is -0.393. The van der Waals surface area contributed by atoms with Crippen LogP contribution in [0.2, 0.25) is 0 Å². The highest BCUT2D eigenvalue weighted by Gasteiger charge is 2.04. The van der Waals surface area contributed by atoms with Crippen molar-refractivity contribution in [2.45, 2.75) is 6.54 Å². The number of benzene rings is 1. The zero-order valence-corrected chi connectivity index (χ0v) is 12.2. The van der Waals surface area contributed by atoms with Crippen molar-refractivity contribution in [3.8, 4) is 0 Å². The SMILES string of the molecule is COCCOCCOCCNCc1cccc([N+](=O)[O-])c1. The molecule has 118 valence electrons. The number of methoxy groups -OCH3 is 1. The smallest absolute Gasteiger partial charge is 0.269 e. The average Bonchev–Trinajstić information content (AvgIpc) is 2.49. The van der Waals surface area contributed by atoms with Crippen LogP contribution in [-0.4, -0.2) is 51.6 Å². The van der Waals surface area contributed by atoms with Gasteiger partial charge in [0.25, 0.3) is 5.69 Å². The Kier molecular flexibility index (Phi) is 9.30. The number of nitro groups is 1. The van der Waals surface area contributed by atoms with E-state index in [0.29, 0.717) is 46.1 Å². The number of nitrogens with one attached hydrogen (secondary N) is 1. The molecule has 0 atom stereocenters. The zero-order chi connectivity index (χ0) is 15.3. The minimum Gasteiger partial charge on any atom is -0.382 e. The summed E-state index contributed by atoms with van der Waals surface area (Å²) >= 11 is 0. The number of nitrogens with zero attached hydrogens (tertiary/aromatic N) is 1. The van der Waals surface area contributed by atoms with Crippen molar-refractivity contribution >= 4 is 5.69 Å². The Morgan fingerprint density at radius 3 is 2.57 bits per heavy atom. The Morgan fingerprint density at radius 1 is 1.14 bits per heavy atom. The van der Waals surface area contributed by atoms with E-state index in [1.807, 2.05) is 6.07 Å². The van der Waals surface area contributed by atoms with E-state index >= 15 is 0 Å². The molecule has 0 saturated heterocycles. The van der Waals surface area contributed by atoms with Crippen molar-refractivity contribution in [1.29, 1.82) is 0 Å². The number of hydrogen-bond donors (Lipinski definition) is 1. The van der Waals surface area contributed by atoms with Gasteiger partial charge < -0.3 is 19.5 Å². The Labute approximate surface area is 124 Å². The van der Waals surface area contributed by atoms with Gasteiger partial charge >= 0.3 is 0 Å². The van der Waals surface area contributed by atoms with E-state index in [-0.39, 0.29) is 5.69 Å². The first-order chi connectivity index (χ1) is 10.2. The third kappa shape index (κ3) is 8.36. The molecule has 0 bridgehead atoms. The highest BCUT2D eigenvalue weighted by atomic mass is 16.6. The molecule has 1 N–H and O–H groups in total. The van der Waals surface area contributed by atoms with Crippen molar-refractivity contribution in [3.63, 3.8) is 0 Å². The van der Waals surface area contributed by atoms with Gasteiger partial charge in [0, 0.05) is 32.3 Å². The van der Waals surface area contributed by atoms with Gasteiger partial charge in [0.2, 0.25) is 0 Å². The van der Waals surface area contributed by atoms with Gasteiger partial charge in [-0.1, -0.05) is 12.1 Å². The third-order valence-corrected chi connectivity index (χ3v) is 2.68. The summed E-state index contributed by atoms with van der Waals surface area (Å²) in [6.07, 6.45) is 0. The highest BCUT2D eigenvalue weighted by Crippen LogP contribution is 2.12. The summed E-state index contributed by atoms with van der Waals surface area (Å²) in [5.74, 6) is 0. The molecule has 0 fully saturated rings. The molecule has 7 heteroatoms. The van der Waals surface area contributed by atoms with Crippen LogP contribution in [0.1, 0.15) is 5.56 Å². The number of hydrogen-bond acceptors (Lipinski definition) is 6. The van der Waals surface area contributed by atoms with Gasteiger partial charge in [-0.05, 0) is 5.56 Å². The maximum Gasteiger partial charge on any atom is 0.269 e. The van der Waals surface area contributed by atoms with Crippen LogP contribution in [0, 0.1) is 10.1 Å². The van der Waals surface area contributed by atoms with Crippen LogP contribution in [0.15, 0.2) is 24.3 Å². The van der Waals surface area contributed by atoms with Crippen molar-refractivity contribution in [3.05, 3.63) is 39.9 Å². The van der Waals surface area contributed by atoms with Crippen molar-refractivity contribution < 1.29 is 19.1 Å². The fraction of sp³-hybridized carbons (Fsp3) is 0.571. The van der Waals surface area contributed by atoms with E-state index < -0.39 is 4.92 Å². The van der Waals surface area contributed by atoms with E-state index in [2.05, 4.69) is 5.32 Å². The summed E-state index contributed by atoms with van der Waals surface area (Å²) in [6.45, 7) is 4.09. The zero-order valence-electron chi connectivity index (χ0n) is 12.2. The molecule has 0 aliphatic heterocycles. The van der Waals surface area contributed by atoms with Crippen molar-refractivity contribution in [2.24, 2.45) is 0 Å². The molecule has 1 aromatic rings. The van der Waals surface area contributed by atoms with Gasteiger partial charge in [0.15, 0.2) is 0 Å². The monoisotopic (exact) mass is 298 g/mol.